The summed E-state index contributed by atoms with van der Waals surface area (Å²) in [6.45, 7) is 2.98. The van der Waals surface area contributed by atoms with Crippen LogP contribution in [0.3, 0.4) is 0 Å². The Balaban J connectivity index is 3.20. The summed E-state index contributed by atoms with van der Waals surface area (Å²) in [7, 11) is -2.61. The fourth-order valence-electron chi connectivity index (χ4n) is 0. The first kappa shape index (κ1) is 4.93. The molecule has 0 aliphatic rings. The van der Waals surface area contributed by atoms with Crippen molar-refractivity contribution in [3.05, 3.63) is 12.4 Å². The largest absolute Gasteiger partial charge is 0.289 e. The second-order valence-corrected chi connectivity index (χ2v) is 1.57. The lowest BCUT2D eigenvalue weighted by atomic mass is 11.3. The molecule has 0 aliphatic heterocycles. The Morgan fingerprint density at radius 2 is 2.00 bits per heavy atom. The highest BCUT2D eigenvalue weighted by Gasteiger charge is 1.72. The van der Waals surface area contributed by atoms with Gasteiger partial charge in [0.1, 0.15) is 0 Å². The molecule has 29 valence electrons. The molecule has 0 aromatic carbocycles. The molecule has 0 rings (SSSR count). The lowest BCUT2D eigenvalue weighted by Crippen LogP contribution is -1.30. The van der Waals surface area contributed by atoms with Gasteiger partial charge in [-0.25, -0.2) is 0 Å². The Labute approximate surface area is 31.0 Å². The van der Waals surface area contributed by atoms with Gasteiger partial charge >= 0.3 is 0 Å². The van der Waals surface area contributed by atoms with Crippen molar-refractivity contribution >= 4 is 8.03 Å². The smallest absolute Gasteiger partial charge is 0.245 e. The van der Waals surface area contributed by atoms with Gasteiger partial charge in [0, 0.05) is 0 Å². The summed E-state index contributed by atoms with van der Waals surface area (Å²) in [6.07, 6.45) is 0. The number of hydrogen-bond acceptors (Lipinski definition) is 1. The average Bonchev–Trinajstić information content (AvgIpc) is 1.38. The van der Waals surface area contributed by atoms with Crippen molar-refractivity contribution < 1.29 is 9.46 Å². The molecule has 5 heavy (non-hydrogen) atoms. The molecule has 0 aromatic heterocycles. The van der Waals surface area contributed by atoms with Crippen LogP contribution < -0.4 is 0 Å². The minimum absolute atomic E-state index is 0.907. The van der Waals surface area contributed by atoms with Gasteiger partial charge < -0.3 is 0 Å². The Kier molecular flexibility index (Phi) is 2.15. The van der Waals surface area contributed by atoms with Crippen LogP contribution in [0.5, 0.6) is 0 Å². The summed E-state index contributed by atoms with van der Waals surface area (Å²) in [4.78, 5) is 9.32. The van der Waals surface area contributed by atoms with E-state index >= 15 is 0 Å². The van der Waals surface area contributed by atoms with Crippen molar-refractivity contribution in [2.75, 3.05) is 0 Å². The molecule has 0 heterocycles. The second kappa shape index (κ2) is 2.18. The minimum Gasteiger partial charge on any atom is -0.289 e. The molecule has 0 aliphatic carbocycles. The van der Waals surface area contributed by atoms with Crippen molar-refractivity contribution in [3.63, 3.8) is 0 Å². The van der Waals surface area contributed by atoms with Crippen LogP contribution in [0.25, 0.3) is 0 Å². The maximum atomic E-state index is 9.32. The van der Waals surface area contributed by atoms with E-state index in [1.54, 1.807) is 0 Å². The third-order valence-electron chi connectivity index (χ3n) is 0.167. The highest BCUT2D eigenvalue weighted by atomic mass is 31.1. The van der Waals surface area contributed by atoms with E-state index < -0.39 is 8.03 Å². The molecule has 0 aromatic rings. The number of hydrogen-bond donors (Lipinski definition) is 0. The lowest BCUT2D eigenvalue weighted by molar-refractivity contribution is 0.443. The van der Waals surface area contributed by atoms with Gasteiger partial charge in [-0.1, -0.05) is 6.58 Å². The van der Waals surface area contributed by atoms with Crippen LogP contribution in [0.15, 0.2) is 12.4 Å². The molecule has 0 fully saturated rings. The minimum atomic E-state index is -2.61. The van der Waals surface area contributed by atoms with Crippen LogP contribution in [0.2, 0.25) is 0 Å². The Hall–Kier alpha value is -0.0700. The van der Waals surface area contributed by atoms with Crippen molar-refractivity contribution in [1.82, 2.24) is 0 Å². The number of rotatable bonds is 1. The molecule has 1 unspecified atom stereocenters. The van der Waals surface area contributed by atoms with E-state index in [0.717, 1.165) is 5.82 Å². The van der Waals surface area contributed by atoms with Crippen LogP contribution in [0, 0.1) is 0 Å². The van der Waals surface area contributed by atoms with Crippen molar-refractivity contribution in [3.8, 4) is 0 Å². The van der Waals surface area contributed by atoms with Crippen molar-refractivity contribution in [2.24, 2.45) is 0 Å². The first-order valence-corrected chi connectivity index (χ1v) is 2.50. The third-order valence-corrected chi connectivity index (χ3v) is 0.500. The van der Waals surface area contributed by atoms with Crippen molar-refractivity contribution in [2.45, 2.75) is 0 Å². The van der Waals surface area contributed by atoms with Gasteiger partial charge in [-0.3, -0.25) is 4.57 Å². The predicted molar refractivity (Wildman–Crippen MR) is 19.9 cm³/mol. The van der Waals surface area contributed by atoms with Gasteiger partial charge in [-0.05, 0) is 5.82 Å². The summed E-state index contributed by atoms with van der Waals surface area (Å²) in [5.41, 5.74) is 0. The normalized spacial score (nSPS) is 13.8. The molecular formula is C2H4O2P. The van der Waals surface area contributed by atoms with E-state index in [0.29, 0.717) is 0 Å². The summed E-state index contributed by atoms with van der Waals surface area (Å²) in [5, 5.41) is 0. The molecule has 1 radical (unpaired) electrons. The zero-order valence-electron chi connectivity index (χ0n) is 2.60. The highest BCUT2D eigenvalue weighted by Crippen LogP contribution is 2.12. The second-order valence-electron chi connectivity index (χ2n) is 0.523. The van der Waals surface area contributed by atoms with E-state index in [-0.39, 0.29) is 0 Å². The molecule has 1 atom stereocenters. The predicted octanol–water partition coefficient (Wildman–Crippen LogP) is 1.04. The van der Waals surface area contributed by atoms with Gasteiger partial charge in [-0.2, -0.15) is 4.89 Å². The van der Waals surface area contributed by atoms with E-state index in [9.17, 15) is 9.46 Å². The van der Waals surface area contributed by atoms with Gasteiger partial charge in [-0.15, -0.1) is 0 Å². The van der Waals surface area contributed by atoms with E-state index in [4.69, 9.17) is 0 Å². The van der Waals surface area contributed by atoms with Gasteiger partial charge in [0.25, 0.3) is 0 Å². The summed E-state index contributed by atoms with van der Waals surface area (Å²) in [6, 6.07) is 0. The van der Waals surface area contributed by atoms with Crippen molar-refractivity contribution in [1.29, 1.82) is 0 Å². The molecule has 0 amide bonds. The standard InChI is InChI=1S/C2H4O2P/c1-2-5(3)4/h2,5H,1H2. The molecule has 0 saturated carbocycles. The van der Waals surface area contributed by atoms with Crippen LogP contribution in [-0.2, 0) is 9.46 Å². The van der Waals surface area contributed by atoms with Crippen LogP contribution in [0.1, 0.15) is 0 Å². The third kappa shape index (κ3) is 3.93. The van der Waals surface area contributed by atoms with E-state index in [2.05, 4.69) is 6.58 Å². The maximum Gasteiger partial charge on any atom is 0.245 e. The molecular weight excluding hydrogens is 87.0 g/mol. The summed E-state index contributed by atoms with van der Waals surface area (Å²) >= 11 is 0. The first-order valence-electron chi connectivity index (χ1n) is 1.11. The zero-order valence-corrected chi connectivity index (χ0v) is 3.60. The average molecular weight is 91.0 g/mol. The molecule has 0 bridgehead atoms. The zero-order chi connectivity index (χ0) is 4.28. The maximum absolute atomic E-state index is 9.32. The first-order chi connectivity index (χ1) is 2.27. The van der Waals surface area contributed by atoms with E-state index in [1.807, 2.05) is 0 Å². The molecule has 0 N–H and O–H groups in total. The highest BCUT2D eigenvalue weighted by molar-refractivity contribution is 7.41. The molecule has 3 heteroatoms. The fourth-order valence-corrected chi connectivity index (χ4v) is 0. The Morgan fingerprint density at radius 1 is 1.80 bits per heavy atom. The van der Waals surface area contributed by atoms with Gasteiger partial charge in [0.05, 0.1) is 0 Å². The van der Waals surface area contributed by atoms with Crippen LogP contribution in [0.4, 0.5) is 0 Å². The topological polar surface area (TPSA) is 37.0 Å². The van der Waals surface area contributed by atoms with E-state index in [1.165, 1.54) is 0 Å². The lowest BCUT2D eigenvalue weighted by Gasteiger charge is -1.61. The van der Waals surface area contributed by atoms with Gasteiger partial charge in [0.15, 0.2) is 0 Å². The van der Waals surface area contributed by atoms with Crippen LogP contribution >= 0.6 is 8.03 Å². The van der Waals surface area contributed by atoms with Gasteiger partial charge in [0.2, 0.25) is 8.03 Å². The quantitative estimate of drug-likeness (QED) is 0.444. The van der Waals surface area contributed by atoms with Crippen LogP contribution in [-0.4, -0.2) is 0 Å². The summed E-state index contributed by atoms with van der Waals surface area (Å²) < 4.78 is 9.32. The Bertz CT molecular complexity index is 58.7. The molecule has 0 spiro atoms. The molecule has 0 saturated heterocycles. The fraction of sp³-hybridized carbons (Fsp3) is 0. The molecule has 2 nitrogen and oxygen atoms in total. The SMILES string of the molecule is C=C[PH]([O])=O. The monoisotopic (exact) mass is 91.0 g/mol. The Morgan fingerprint density at radius 3 is 2.00 bits per heavy atom. The summed E-state index contributed by atoms with van der Waals surface area (Å²) in [5.74, 6) is 0.907.